The molecule has 0 aromatic rings. The molecule has 0 atom stereocenters. The summed E-state index contributed by atoms with van der Waals surface area (Å²) in [6.07, 6.45) is 15.1. The SMILES string of the molecule is CC(=O)[O-].CCCCCCCCC[N+]1=CCCC1. The average molecular weight is 255 g/mol. The van der Waals surface area contributed by atoms with Crippen LogP contribution in [0.1, 0.15) is 71.6 Å². The van der Waals surface area contributed by atoms with Crippen LogP contribution in [-0.4, -0.2) is 29.8 Å². The van der Waals surface area contributed by atoms with Gasteiger partial charge in [0.1, 0.15) is 19.3 Å². The number of carboxylic acid groups (broad SMARTS) is 1. The van der Waals surface area contributed by atoms with Crippen LogP contribution in [0.5, 0.6) is 0 Å². The van der Waals surface area contributed by atoms with Crippen molar-refractivity contribution in [3.05, 3.63) is 0 Å². The molecule has 3 heteroatoms. The molecule has 106 valence electrons. The molecule has 0 amide bonds. The lowest BCUT2D eigenvalue weighted by Gasteiger charge is -2.00. The fourth-order valence-corrected chi connectivity index (χ4v) is 2.13. The lowest BCUT2D eigenvalue weighted by Crippen LogP contribution is -2.16. The molecule has 1 aliphatic heterocycles. The van der Waals surface area contributed by atoms with Gasteiger partial charge in [0, 0.05) is 25.2 Å². The van der Waals surface area contributed by atoms with E-state index in [9.17, 15) is 0 Å². The van der Waals surface area contributed by atoms with Crippen LogP contribution < -0.4 is 5.11 Å². The molecule has 0 unspecified atom stereocenters. The Balaban J connectivity index is 0.000000631. The minimum Gasteiger partial charge on any atom is -0.550 e. The highest BCUT2D eigenvalue weighted by molar-refractivity contribution is 5.60. The molecule has 1 heterocycles. The number of hydrogen-bond donors (Lipinski definition) is 0. The number of carbonyl (C=O) groups is 1. The van der Waals surface area contributed by atoms with Crippen molar-refractivity contribution in [1.29, 1.82) is 0 Å². The minimum absolute atomic E-state index is 0.972. The maximum atomic E-state index is 8.89. The summed E-state index contributed by atoms with van der Waals surface area (Å²) >= 11 is 0. The Morgan fingerprint density at radius 2 is 1.72 bits per heavy atom. The smallest absolute Gasteiger partial charge is 0.143 e. The van der Waals surface area contributed by atoms with Gasteiger partial charge in [0.2, 0.25) is 0 Å². The van der Waals surface area contributed by atoms with Gasteiger partial charge >= 0.3 is 0 Å². The summed E-state index contributed by atoms with van der Waals surface area (Å²) in [6.45, 7) is 5.88. The largest absolute Gasteiger partial charge is 0.550 e. The summed E-state index contributed by atoms with van der Waals surface area (Å²) in [4.78, 5) is 8.89. The highest BCUT2D eigenvalue weighted by Crippen LogP contribution is 2.07. The standard InChI is InChI=1S/C13H26N.C2H4O2/c1-2-3-4-5-6-7-8-11-14-12-9-10-13-14;1-2(3)4/h12H,2-11,13H2,1H3;1H3,(H,3,4)/q+1;/p-1. The Kier molecular flexibility index (Phi) is 12.0. The van der Waals surface area contributed by atoms with E-state index in [1.165, 1.54) is 70.9 Å². The monoisotopic (exact) mass is 255 g/mol. The molecule has 0 aromatic carbocycles. The van der Waals surface area contributed by atoms with Crippen molar-refractivity contribution < 1.29 is 14.5 Å². The van der Waals surface area contributed by atoms with Crippen LogP contribution in [0.15, 0.2) is 0 Å². The lowest BCUT2D eigenvalue weighted by molar-refractivity contribution is -0.516. The highest BCUT2D eigenvalue weighted by atomic mass is 16.4. The molecule has 0 spiro atoms. The van der Waals surface area contributed by atoms with Crippen molar-refractivity contribution >= 4 is 12.2 Å². The van der Waals surface area contributed by atoms with E-state index >= 15 is 0 Å². The Morgan fingerprint density at radius 1 is 1.17 bits per heavy atom. The van der Waals surface area contributed by atoms with Crippen molar-refractivity contribution in [2.24, 2.45) is 0 Å². The van der Waals surface area contributed by atoms with E-state index in [-0.39, 0.29) is 0 Å². The molecule has 1 aliphatic rings. The quantitative estimate of drug-likeness (QED) is 0.493. The molecule has 0 bridgehead atoms. The maximum Gasteiger partial charge on any atom is 0.143 e. The van der Waals surface area contributed by atoms with Gasteiger partial charge in [0.25, 0.3) is 0 Å². The van der Waals surface area contributed by atoms with E-state index in [0.717, 1.165) is 6.92 Å². The molecule has 18 heavy (non-hydrogen) atoms. The molecule has 0 radical (unpaired) electrons. The first-order valence-corrected chi connectivity index (χ1v) is 7.41. The minimum atomic E-state index is -1.08. The maximum absolute atomic E-state index is 8.89. The first-order valence-electron chi connectivity index (χ1n) is 7.41. The topological polar surface area (TPSA) is 43.1 Å². The van der Waals surface area contributed by atoms with Crippen LogP contribution in [0.2, 0.25) is 0 Å². The van der Waals surface area contributed by atoms with Crippen LogP contribution in [0.25, 0.3) is 0 Å². The molecule has 0 N–H and O–H groups in total. The number of unbranched alkanes of at least 4 members (excludes halogenated alkanes) is 6. The fraction of sp³-hybridized carbons (Fsp3) is 0.867. The van der Waals surface area contributed by atoms with E-state index in [4.69, 9.17) is 9.90 Å². The summed E-state index contributed by atoms with van der Waals surface area (Å²) in [6, 6.07) is 0. The van der Waals surface area contributed by atoms with Crippen molar-refractivity contribution in [1.82, 2.24) is 0 Å². The van der Waals surface area contributed by atoms with Crippen LogP contribution >= 0.6 is 0 Å². The Labute approximate surface area is 112 Å². The van der Waals surface area contributed by atoms with Gasteiger partial charge < -0.3 is 9.90 Å². The van der Waals surface area contributed by atoms with Gasteiger partial charge in [-0.15, -0.1) is 0 Å². The molecule has 0 aromatic heterocycles. The summed E-state index contributed by atoms with van der Waals surface area (Å²) < 4.78 is 2.51. The van der Waals surface area contributed by atoms with Crippen LogP contribution in [0.3, 0.4) is 0 Å². The zero-order valence-electron chi connectivity index (χ0n) is 12.1. The van der Waals surface area contributed by atoms with Crippen molar-refractivity contribution in [3.63, 3.8) is 0 Å². The van der Waals surface area contributed by atoms with Crippen LogP contribution in [0, 0.1) is 0 Å². The summed E-state index contributed by atoms with van der Waals surface area (Å²) in [5.74, 6) is -1.08. The van der Waals surface area contributed by atoms with E-state index in [0.29, 0.717) is 0 Å². The Hall–Kier alpha value is -0.860. The summed E-state index contributed by atoms with van der Waals surface area (Å²) in [7, 11) is 0. The third-order valence-corrected chi connectivity index (χ3v) is 3.09. The molecule has 0 fully saturated rings. The molecule has 0 aliphatic carbocycles. The summed E-state index contributed by atoms with van der Waals surface area (Å²) in [5.41, 5.74) is 0. The number of hydrogen-bond acceptors (Lipinski definition) is 2. The van der Waals surface area contributed by atoms with Crippen molar-refractivity contribution in [3.8, 4) is 0 Å². The second-order valence-electron chi connectivity index (χ2n) is 4.97. The van der Waals surface area contributed by atoms with Crippen molar-refractivity contribution in [2.75, 3.05) is 13.1 Å². The normalized spacial score (nSPS) is 13.8. The number of carboxylic acids is 1. The molecule has 3 nitrogen and oxygen atoms in total. The zero-order valence-corrected chi connectivity index (χ0v) is 12.1. The number of carbonyl (C=O) groups excluding carboxylic acids is 1. The van der Waals surface area contributed by atoms with E-state index in [2.05, 4.69) is 17.7 Å². The van der Waals surface area contributed by atoms with Gasteiger partial charge in [0.05, 0.1) is 0 Å². The van der Waals surface area contributed by atoms with E-state index < -0.39 is 5.97 Å². The van der Waals surface area contributed by atoms with Gasteiger partial charge in [-0.2, -0.15) is 0 Å². The molecular formula is C15H29NO2. The number of nitrogens with zero attached hydrogens (tertiary/aromatic N) is 1. The second-order valence-corrected chi connectivity index (χ2v) is 4.97. The van der Waals surface area contributed by atoms with Gasteiger partial charge in [0.15, 0.2) is 0 Å². The van der Waals surface area contributed by atoms with Gasteiger partial charge in [-0.05, 0) is 13.3 Å². The van der Waals surface area contributed by atoms with Gasteiger partial charge in [-0.25, -0.2) is 4.58 Å². The predicted molar refractivity (Wildman–Crippen MR) is 74.0 cm³/mol. The number of aliphatic carboxylic acids is 1. The number of rotatable bonds is 8. The van der Waals surface area contributed by atoms with Gasteiger partial charge in [-0.1, -0.05) is 39.0 Å². The fourth-order valence-electron chi connectivity index (χ4n) is 2.13. The third-order valence-electron chi connectivity index (χ3n) is 3.09. The van der Waals surface area contributed by atoms with Gasteiger partial charge in [-0.3, -0.25) is 0 Å². The average Bonchev–Trinajstić information content (AvgIpc) is 2.80. The van der Waals surface area contributed by atoms with Crippen molar-refractivity contribution in [2.45, 2.75) is 71.6 Å². The molecule has 0 saturated carbocycles. The van der Waals surface area contributed by atoms with Crippen LogP contribution in [-0.2, 0) is 4.79 Å². The predicted octanol–water partition coefficient (Wildman–Crippen LogP) is 2.37. The van der Waals surface area contributed by atoms with Crippen LogP contribution in [0.4, 0.5) is 0 Å². The molecular weight excluding hydrogens is 226 g/mol. The Bertz CT molecular complexity index is 233. The van der Waals surface area contributed by atoms with E-state index in [1.54, 1.807) is 0 Å². The molecule has 1 rings (SSSR count). The highest BCUT2D eigenvalue weighted by Gasteiger charge is 2.09. The first-order chi connectivity index (χ1) is 8.66. The lowest BCUT2D eigenvalue weighted by atomic mass is 10.1. The second kappa shape index (κ2) is 12.6. The molecule has 0 saturated heterocycles. The summed E-state index contributed by atoms with van der Waals surface area (Å²) in [5, 5.41) is 8.89. The first kappa shape index (κ1) is 17.1. The third kappa shape index (κ3) is 13.2. The van der Waals surface area contributed by atoms with E-state index in [1.807, 2.05) is 0 Å². The zero-order chi connectivity index (χ0) is 13.6. The Morgan fingerprint density at radius 3 is 2.22 bits per heavy atom.